The molecule has 0 amide bonds. The van der Waals surface area contributed by atoms with Gasteiger partial charge in [0.1, 0.15) is 0 Å². The van der Waals surface area contributed by atoms with Crippen LogP contribution in [-0.2, 0) is 0 Å². The fraction of sp³-hybridized carbons (Fsp3) is 0. The van der Waals surface area contributed by atoms with Crippen molar-refractivity contribution >= 4 is 34.0 Å². The number of hydrazine groups is 1. The second kappa shape index (κ2) is 7.46. The van der Waals surface area contributed by atoms with Gasteiger partial charge in [-0.25, -0.2) is 0 Å². The Morgan fingerprint density at radius 1 is 0.621 bits per heavy atom. The molecule has 4 heteroatoms. The SMILES string of the molecule is ClN1N=C(c2ccc3ccccc3c2)C=C(c2ccc(-c3ccccc3)cc2)N1. The molecule has 1 N–H and O–H groups in total. The van der Waals surface area contributed by atoms with Crippen LogP contribution in [0.1, 0.15) is 11.1 Å². The second-order valence-electron chi connectivity index (χ2n) is 6.92. The van der Waals surface area contributed by atoms with Crippen LogP contribution in [0.2, 0.25) is 0 Å². The van der Waals surface area contributed by atoms with Gasteiger partial charge in [-0.1, -0.05) is 91.0 Å². The highest BCUT2D eigenvalue weighted by Crippen LogP contribution is 2.25. The van der Waals surface area contributed by atoms with Gasteiger partial charge in [0.15, 0.2) is 0 Å². The molecule has 4 aromatic carbocycles. The third-order valence-electron chi connectivity index (χ3n) is 5.04. The Morgan fingerprint density at radius 3 is 2.03 bits per heavy atom. The van der Waals surface area contributed by atoms with Crippen LogP contribution in [0.15, 0.2) is 108 Å². The van der Waals surface area contributed by atoms with Crippen LogP contribution in [0.4, 0.5) is 0 Å². The van der Waals surface area contributed by atoms with Crippen molar-refractivity contribution in [2.24, 2.45) is 5.10 Å². The molecule has 0 saturated carbocycles. The van der Waals surface area contributed by atoms with Crippen molar-refractivity contribution in [3.63, 3.8) is 0 Å². The molecule has 140 valence electrons. The fourth-order valence-electron chi connectivity index (χ4n) is 3.53. The summed E-state index contributed by atoms with van der Waals surface area (Å²) in [5.74, 6) is 0. The van der Waals surface area contributed by atoms with Crippen molar-refractivity contribution < 1.29 is 0 Å². The minimum Gasteiger partial charge on any atom is -0.266 e. The normalized spacial score (nSPS) is 13.6. The van der Waals surface area contributed by atoms with Crippen LogP contribution in [0.5, 0.6) is 0 Å². The number of nitrogens with one attached hydrogen (secondary N) is 1. The fourth-order valence-corrected chi connectivity index (χ4v) is 3.70. The van der Waals surface area contributed by atoms with E-state index in [1.165, 1.54) is 26.5 Å². The third-order valence-corrected chi connectivity index (χ3v) is 5.20. The summed E-state index contributed by atoms with van der Waals surface area (Å²) in [5.41, 5.74) is 9.25. The number of hydrogen-bond donors (Lipinski definition) is 1. The van der Waals surface area contributed by atoms with Gasteiger partial charge < -0.3 is 0 Å². The second-order valence-corrected chi connectivity index (χ2v) is 7.24. The van der Waals surface area contributed by atoms with E-state index >= 15 is 0 Å². The molecule has 0 unspecified atom stereocenters. The maximum absolute atomic E-state index is 6.25. The molecule has 5 rings (SSSR count). The highest BCUT2D eigenvalue weighted by Gasteiger charge is 2.15. The van der Waals surface area contributed by atoms with E-state index < -0.39 is 0 Å². The van der Waals surface area contributed by atoms with Crippen molar-refractivity contribution in [1.29, 1.82) is 0 Å². The van der Waals surface area contributed by atoms with Gasteiger partial charge in [0.25, 0.3) is 0 Å². The maximum Gasteiger partial charge on any atom is 0.0960 e. The Kier molecular flexibility index (Phi) is 4.51. The van der Waals surface area contributed by atoms with Crippen LogP contribution in [0.3, 0.4) is 0 Å². The maximum atomic E-state index is 6.25. The Morgan fingerprint density at radius 2 is 1.24 bits per heavy atom. The molecule has 0 atom stereocenters. The van der Waals surface area contributed by atoms with Crippen LogP contribution in [-0.4, -0.2) is 10.3 Å². The molecule has 0 aromatic heterocycles. The van der Waals surface area contributed by atoms with Crippen LogP contribution in [0, 0.1) is 0 Å². The van der Waals surface area contributed by atoms with E-state index in [0.29, 0.717) is 0 Å². The molecular weight excluding hydrogens is 378 g/mol. The van der Waals surface area contributed by atoms with Crippen molar-refractivity contribution in [2.45, 2.75) is 0 Å². The molecule has 0 fully saturated rings. The molecule has 0 aliphatic carbocycles. The van der Waals surface area contributed by atoms with Gasteiger partial charge in [0.05, 0.1) is 23.2 Å². The first kappa shape index (κ1) is 17.5. The Bertz CT molecular complexity index is 1230. The molecule has 1 heterocycles. The number of rotatable bonds is 3. The van der Waals surface area contributed by atoms with Crippen LogP contribution >= 0.6 is 11.8 Å². The molecule has 0 saturated heterocycles. The van der Waals surface area contributed by atoms with E-state index in [9.17, 15) is 0 Å². The summed E-state index contributed by atoms with van der Waals surface area (Å²) in [7, 11) is 0. The molecule has 0 radical (unpaired) electrons. The Labute approximate surface area is 174 Å². The van der Waals surface area contributed by atoms with Crippen LogP contribution < -0.4 is 5.43 Å². The van der Waals surface area contributed by atoms with Gasteiger partial charge in [-0.15, -0.1) is 9.74 Å². The monoisotopic (exact) mass is 395 g/mol. The molecule has 0 bridgehead atoms. The Balaban J connectivity index is 1.48. The van der Waals surface area contributed by atoms with Crippen molar-refractivity contribution in [3.05, 3.63) is 114 Å². The summed E-state index contributed by atoms with van der Waals surface area (Å²) in [6.07, 6.45) is 2.03. The largest absolute Gasteiger partial charge is 0.266 e. The first-order valence-electron chi connectivity index (χ1n) is 9.44. The van der Waals surface area contributed by atoms with Gasteiger partial charge in [-0.05, 0) is 39.6 Å². The van der Waals surface area contributed by atoms with Gasteiger partial charge in [-0.2, -0.15) is 0 Å². The Hall–Kier alpha value is -3.56. The molecule has 1 aliphatic heterocycles. The number of hydrazone groups is 1. The predicted molar refractivity (Wildman–Crippen MR) is 121 cm³/mol. The average molecular weight is 396 g/mol. The van der Waals surface area contributed by atoms with Gasteiger partial charge in [-0.3, -0.25) is 5.43 Å². The van der Waals surface area contributed by atoms with Crippen molar-refractivity contribution in [1.82, 2.24) is 10.1 Å². The minimum absolute atomic E-state index is 0.812. The number of hydrogen-bond acceptors (Lipinski definition) is 3. The van der Waals surface area contributed by atoms with Crippen molar-refractivity contribution in [3.8, 4) is 11.1 Å². The number of nitrogens with zero attached hydrogens (tertiary/aromatic N) is 2. The molecule has 4 aromatic rings. The number of fused-ring (bicyclic) bond motifs is 1. The minimum atomic E-state index is 0.812. The summed E-state index contributed by atoms with van der Waals surface area (Å²) in [4.78, 5) is 0. The van der Waals surface area contributed by atoms with E-state index in [1.807, 2.05) is 36.4 Å². The molecule has 3 nitrogen and oxygen atoms in total. The van der Waals surface area contributed by atoms with Gasteiger partial charge in [0, 0.05) is 5.56 Å². The summed E-state index contributed by atoms with van der Waals surface area (Å²) < 4.78 is 1.24. The topological polar surface area (TPSA) is 27.6 Å². The van der Waals surface area contributed by atoms with Crippen molar-refractivity contribution in [2.75, 3.05) is 0 Å². The van der Waals surface area contributed by atoms with E-state index in [-0.39, 0.29) is 0 Å². The zero-order valence-corrected chi connectivity index (χ0v) is 16.3. The van der Waals surface area contributed by atoms with Gasteiger partial charge in [0.2, 0.25) is 0 Å². The van der Waals surface area contributed by atoms with Gasteiger partial charge >= 0.3 is 0 Å². The average Bonchev–Trinajstić information content (AvgIpc) is 2.79. The highest BCUT2D eigenvalue weighted by molar-refractivity contribution is 6.18. The van der Waals surface area contributed by atoms with Crippen LogP contribution in [0.25, 0.3) is 27.6 Å². The summed E-state index contributed by atoms with van der Waals surface area (Å²) in [6.45, 7) is 0. The molecule has 0 spiro atoms. The number of allylic oxidation sites excluding steroid dienone is 1. The zero-order chi connectivity index (χ0) is 19.6. The first-order valence-corrected chi connectivity index (χ1v) is 9.78. The highest BCUT2D eigenvalue weighted by atomic mass is 35.5. The zero-order valence-electron chi connectivity index (χ0n) is 15.6. The standard InChI is InChI=1S/C25H18ClN3/c26-29-27-24(21-13-10-20(11-14-21)18-6-2-1-3-7-18)17-25(28-29)23-15-12-19-8-4-5-9-22(19)16-23/h1-17,27H. The predicted octanol–water partition coefficient (Wildman–Crippen LogP) is 6.23. The first-order chi connectivity index (χ1) is 14.3. The van der Waals surface area contributed by atoms with E-state index in [4.69, 9.17) is 11.8 Å². The smallest absolute Gasteiger partial charge is 0.0960 e. The summed E-state index contributed by atoms with van der Waals surface area (Å²) in [5, 5.41) is 6.81. The summed E-state index contributed by atoms with van der Waals surface area (Å²) in [6, 6.07) is 33.4. The third kappa shape index (κ3) is 3.60. The number of halogens is 1. The molecule has 1 aliphatic rings. The van der Waals surface area contributed by atoms with E-state index in [1.54, 1.807) is 0 Å². The quantitative estimate of drug-likeness (QED) is 0.416. The lowest BCUT2D eigenvalue weighted by atomic mass is 10.0. The molecular formula is C25H18ClN3. The molecule has 29 heavy (non-hydrogen) atoms. The van der Waals surface area contributed by atoms with E-state index in [0.717, 1.165) is 22.5 Å². The lowest BCUT2D eigenvalue weighted by Crippen LogP contribution is -2.29. The lowest BCUT2D eigenvalue weighted by Gasteiger charge is -2.22. The number of benzene rings is 4. The summed E-state index contributed by atoms with van der Waals surface area (Å²) >= 11 is 6.25. The van der Waals surface area contributed by atoms with E-state index in [2.05, 4.69) is 77.3 Å². The lowest BCUT2D eigenvalue weighted by molar-refractivity contribution is 0.423.